The lowest BCUT2D eigenvalue weighted by Gasteiger charge is -2.40. The third-order valence-electron chi connectivity index (χ3n) is 10.9. The second kappa shape index (κ2) is 15.6. The summed E-state index contributed by atoms with van der Waals surface area (Å²) in [5.41, 5.74) is 7.96. The van der Waals surface area contributed by atoms with Crippen LogP contribution < -0.4 is 15.1 Å². The molecule has 1 unspecified atom stereocenters. The van der Waals surface area contributed by atoms with Gasteiger partial charge in [-0.05, 0) is 107 Å². The summed E-state index contributed by atoms with van der Waals surface area (Å²) in [6.45, 7) is -8.01. The number of imide groups is 1. The van der Waals surface area contributed by atoms with Crippen molar-refractivity contribution in [3.63, 3.8) is 0 Å². The molecule has 0 aliphatic carbocycles. The number of nitrogens with one attached hydrogen (secondary N) is 1. The van der Waals surface area contributed by atoms with Crippen molar-refractivity contribution in [3.05, 3.63) is 125 Å². The molecule has 1 atom stereocenters. The average molecular weight is 718 g/mol. The lowest BCUT2D eigenvalue weighted by Crippen LogP contribution is -2.50. The third kappa shape index (κ3) is 7.75. The number of piperidine rings is 2. The number of carbonyl (C=O) groups is 2. The number of rotatable bonds is 9. The number of allylic oxidation sites excluding steroid dienone is 1. The second-order valence-electron chi connectivity index (χ2n) is 14.3. The van der Waals surface area contributed by atoms with Crippen molar-refractivity contribution in [2.75, 3.05) is 55.4 Å². The Kier molecular flexibility index (Phi) is 7.88. The van der Waals surface area contributed by atoms with Crippen LogP contribution in [0.15, 0.2) is 97.1 Å². The number of phenolic OH excluding ortho intramolecular Hbond substituents is 1. The van der Waals surface area contributed by atoms with Crippen molar-refractivity contribution >= 4 is 34.3 Å². The Morgan fingerprint density at radius 3 is 2.09 bits per heavy atom. The van der Waals surface area contributed by atoms with E-state index in [4.69, 9.17) is 11.0 Å². The van der Waals surface area contributed by atoms with Gasteiger partial charge in [0.2, 0.25) is 11.8 Å². The van der Waals surface area contributed by atoms with Crippen molar-refractivity contribution in [3.8, 4) is 5.75 Å². The molecule has 3 fully saturated rings. The molecule has 0 saturated carbocycles. The van der Waals surface area contributed by atoms with Gasteiger partial charge in [0, 0.05) is 82.0 Å². The Hall–Kier alpha value is -4.92. The van der Waals surface area contributed by atoms with Crippen LogP contribution in [0.5, 0.6) is 5.75 Å². The molecule has 4 aromatic rings. The summed E-state index contributed by atoms with van der Waals surface area (Å²) in [6, 6.07) is 30.1. The van der Waals surface area contributed by atoms with E-state index >= 15 is 0 Å². The second-order valence-corrected chi connectivity index (χ2v) is 14.3. The van der Waals surface area contributed by atoms with Crippen LogP contribution in [-0.2, 0) is 22.7 Å². The van der Waals surface area contributed by atoms with Crippen LogP contribution >= 0.6 is 0 Å². The minimum absolute atomic E-state index is 0.00209. The molecule has 0 radical (unpaired) electrons. The summed E-state index contributed by atoms with van der Waals surface area (Å²) in [4.78, 5) is 29.8. The fraction of sp³-hybridized carbons (Fsp3) is 0.378. The van der Waals surface area contributed by atoms with Gasteiger partial charge in [-0.2, -0.15) is 0 Å². The molecule has 4 heterocycles. The number of piperazine rings is 1. The number of phenols is 1. The van der Waals surface area contributed by atoms with E-state index in [1.807, 2.05) is 35.2 Å². The number of carbonyl (C=O) groups excluding carboxylic acids is 2. The molecule has 0 aromatic heterocycles. The van der Waals surface area contributed by atoms with Gasteiger partial charge in [0.1, 0.15) is 5.75 Å². The topological polar surface area (TPSA) is 79.4 Å². The van der Waals surface area contributed by atoms with Crippen LogP contribution in [0.4, 0.5) is 11.4 Å². The molecule has 3 saturated heterocycles. The summed E-state index contributed by atoms with van der Waals surface area (Å²) in [7, 11) is 0. The van der Waals surface area contributed by atoms with Gasteiger partial charge in [0.15, 0.2) is 0 Å². The van der Waals surface area contributed by atoms with E-state index in [1.165, 1.54) is 11.6 Å². The third-order valence-corrected chi connectivity index (χ3v) is 10.9. The molecule has 0 bridgehead atoms. The van der Waals surface area contributed by atoms with Gasteiger partial charge in [-0.1, -0.05) is 67.6 Å². The first-order valence-electron chi connectivity index (χ1n) is 22.6. The maximum atomic E-state index is 12.6. The largest absolute Gasteiger partial charge is 0.508 e. The summed E-state index contributed by atoms with van der Waals surface area (Å²) >= 11 is 0. The molecule has 8 heteroatoms. The lowest BCUT2D eigenvalue weighted by atomic mass is 9.88. The zero-order chi connectivity index (χ0) is 43.5. The number of hydrogen-bond acceptors (Lipinski definition) is 7. The van der Waals surface area contributed by atoms with E-state index in [1.54, 1.807) is 24.3 Å². The van der Waals surface area contributed by atoms with Crippen LogP contribution in [0.3, 0.4) is 0 Å². The maximum absolute atomic E-state index is 12.6. The highest BCUT2D eigenvalue weighted by atomic mass is 16.3. The van der Waals surface area contributed by atoms with Gasteiger partial charge in [-0.15, -0.1) is 0 Å². The highest BCUT2D eigenvalue weighted by Crippen LogP contribution is 2.36. The number of anilines is 2. The van der Waals surface area contributed by atoms with Crippen molar-refractivity contribution in [2.24, 2.45) is 5.92 Å². The maximum Gasteiger partial charge on any atom is 0.243 e. The minimum Gasteiger partial charge on any atom is -0.508 e. The monoisotopic (exact) mass is 717 g/mol. The fourth-order valence-electron chi connectivity index (χ4n) is 8.07. The SMILES string of the molecule is [2H]C1([2H])N(CC2CCN(c3ccc(C(=C(CC)c4ccccc4)c4ccc(O)cc4)cc3)CC2)C([2H])([2H])C([2H])([2H])N(c2ccc3c(c2)CN(C2CCC(=O)NC2=O)C3)C1([2H])[2H]. The Labute approximate surface area is 324 Å². The van der Waals surface area contributed by atoms with Gasteiger partial charge < -0.3 is 14.9 Å². The number of hydrogen-bond donors (Lipinski definition) is 2. The first-order valence-corrected chi connectivity index (χ1v) is 18.6. The van der Waals surface area contributed by atoms with Crippen molar-refractivity contribution < 1.29 is 25.7 Å². The molecule has 8 rings (SSSR count). The van der Waals surface area contributed by atoms with Crippen LogP contribution in [0, 0.1) is 5.92 Å². The summed E-state index contributed by atoms with van der Waals surface area (Å²) in [6.07, 6.45) is 2.52. The van der Waals surface area contributed by atoms with E-state index in [9.17, 15) is 14.7 Å². The first-order chi connectivity index (χ1) is 28.9. The highest BCUT2D eigenvalue weighted by Gasteiger charge is 2.35. The first kappa shape index (κ1) is 26.8. The number of fused-ring (bicyclic) bond motifs is 1. The molecule has 274 valence electrons. The number of amides is 2. The van der Waals surface area contributed by atoms with Crippen molar-refractivity contribution in [1.82, 2.24) is 15.1 Å². The molecule has 4 aliphatic heterocycles. The number of aromatic hydroxyl groups is 1. The zero-order valence-corrected chi connectivity index (χ0v) is 30.0. The molecule has 2 amide bonds. The Morgan fingerprint density at radius 1 is 0.755 bits per heavy atom. The van der Waals surface area contributed by atoms with Crippen molar-refractivity contribution in [2.45, 2.75) is 58.2 Å². The predicted octanol–water partition coefficient (Wildman–Crippen LogP) is 6.92. The van der Waals surface area contributed by atoms with Gasteiger partial charge in [-0.3, -0.25) is 24.7 Å². The lowest BCUT2D eigenvalue weighted by molar-refractivity contribution is -0.137. The number of nitrogens with zero attached hydrogens (tertiary/aromatic N) is 4. The Balaban J connectivity index is 0.974. The zero-order valence-electron chi connectivity index (χ0n) is 38.0. The van der Waals surface area contributed by atoms with Crippen LogP contribution in [-0.4, -0.2) is 78.4 Å². The van der Waals surface area contributed by atoms with Gasteiger partial charge in [0.25, 0.3) is 0 Å². The summed E-state index contributed by atoms with van der Waals surface area (Å²) < 4.78 is 73.1. The molecule has 4 aliphatic rings. The van der Waals surface area contributed by atoms with E-state index in [0.717, 1.165) is 44.8 Å². The summed E-state index contributed by atoms with van der Waals surface area (Å²) in [5, 5.41) is 12.4. The standard InChI is InChI=1S/C45H51N5O3/c1-2-41(33-6-4-3-5-7-33)44(35-11-16-40(51)17-12-35)34-8-13-38(14-9-34)48-22-20-32(21-23-48)29-47-24-26-49(27-25-47)39-15-10-36-30-50(31-37(36)28-39)42-18-19-43(52)46-45(42)53/h3-17,28,32,42,51H,2,18-27,29-31H2,1H3,(H,46,52,53)/i24D2,25D2,26D2,27D2. The smallest absolute Gasteiger partial charge is 0.243 e. The molecular weight excluding hydrogens is 659 g/mol. The molecule has 2 N–H and O–H groups in total. The van der Waals surface area contributed by atoms with E-state index < -0.39 is 32.0 Å². The number of benzene rings is 4. The molecule has 0 spiro atoms. The summed E-state index contributed by atoms with van der Waals surface area (Å²) in [5.74, 6) is -0.725. The van der Waals surface area contributed by atoms with Crippen LogP contribution in [0.1, 0.15) is 77.8 Å². The Morgan fingerprint density at radius 2 is 1.42 bits per heavy atom. The van der Waals surface area contributed by atoms with Gasteiger partial charge in [-0.25, -0.2) is 0 Å². The highest BCUT2D eigenvalue weighted by molar-refractivity contribution is 6.00. The molecule has 4 aromatic carbocycles. The quantitative estimate of drug-likeness (QED) is 0.144. The van der Waals surface area contributed by atoms with E-state index in [2.05, 4.69) is 53.5 Å². The predicted molar refractivity (Wildman–Crippen MR) is 213 cm³/mol. The Bertz CT molecular complexity index is 2290. The fourth-order valence-corrected chi connectivity index (χ4v) is 8.07. The van der Waals surface area contributed by atoms with Gasteiger partial charge in [0.05, 0.1) is 11.5 Å². The molecule has 53 heavy (non-hydrogen) atoms. The normalized spacial score (nSPS) is 26.7. The molecule has 8 nitrogen and oxygen atoms in total. The van der Waals surface area contributed by atoms with Crippen LogP contribution in [0.25, 0.3) is 11.1 Å². The van der Waals surface area contributed by atoms with Crippen molar-refractivity contribution in [1.29, 1.82) is 0 Å². The van der Waals surface area contributed by atoms with Gasteiger partial charge >= 0.3 is 0 Å². The van der Waals surface area contributed by atoms with E-state index in [-0.39, 0.29) is 48.7 Å². The minimum atomic E-state index is -2.99. The average Bonchev–Trinajstić information content (AvgIpc) is 3.65. The van der Waals surface area contributed by atoms with Crippen LogP contribution in [0.2, 0.25) is 0 Å². The molecular formula is C45H51N5O3. The van der Waals surface area contributed by atoms with E-state index in [0.29, 0.717) is 49.4 Å².